The quantitative estimate of drug-likeness (QED) is 0.611. The Labute approximate surface area is 167 Å². The zero-order valence-electron chi connectivity index (χ0n) is 16.6. The maximum Gasteiger partial charge on any atom is 0.233 e. The molecular formula is C25H26N2O. The number of benzene rings is 3. The van der Waals surface area contributed by atoms with Gasteiger partial charge in [-0.1, -0.05) is 67.9 Å². The fourth-order valence-corrected chi connectivity index (χ4v) is 3.95. The van der Waals surface area contributed by atoms with Crippen LogP contribution in [0.25, 0.3) is 0 Å². The fourth-order valence-electron chi connectivity index (χ4n) is 3.95. The lowest BCUT2D eigenvalue weighted by atomic mass is 10.0. The Hall–Kier alpha value is -3.07. The van der Waals surface area contributed by atoms with E-state index in [2.05, 4.69) is 60.5 Å². The second-order valence-electron chi connectivity index (χ2n) is 7.79. The van der Waals surface area contributed by atoms with Crippen molar-refractivity contribution in [1.29, 1.82) is 0 Å². The molecule has 0 spiro atoms. The Kier molecular flexibility index (Phi) is 4.91. The molecule has 0 saturated carbocycles. The van der Waals surface area contributed by atoms with Crippen molar-refractivity contribution >= 4 is 23.0 Å². The summed E-state index contributed by atoms with van der Waals surface area (Å²) in [5, 5.41) is 3.10. The normalized spacial score (nSPS) is 15.6. The summed E-state index contributed by atoms with van der Waals surface area (Å²) < 4.78 is 0. The number of anilines is 3. The lowest BCUT2D eigenvalue weighted by molar-refractivity contribution is -0.117. The molecule has 0 radical (unpaired) electrons. The smallest absolute Gasteiger partial charge is 0.233 e. The Morgan fingerprint density at radius 2 is 1.57 bits per heavy atom. The maximum absolute atomic E-state index is 13.1. The van der Waals surface area contributed by atoms with Gasteiger partial charge in [0.25, 0.3) is 0 Å². The molecule has 0 aromatic heterocycles. The highest BCUT2D eigenvalue weighted by Crippen LogP contribution is 2.43. The van der Waals surface area contributed by atoms with Crippen LogP contribution in [0, 0.1) is 6.92 Å². The van der Waals surface area contributed by atoms with E-state index in [-0.39, 0.29) is 11.8 Å². The van der Waals surface area contributed by atoms with Gasteiger partial charge in [-0.25, -0.2) is 0 Å². The molecule has 1 aliphatic rings. The number of aryl methyl sites for hydroxylation is 1. The van der Waals surface area contributed by atoms with Crippen molar-refractivity contribution in [3.8, 4) is 0 Å². The lowest BCUT2D eigenvalue weighted by Gasteiger charge is -2.24. The molecule has 1 N–H and O–H groups in total. The third-order valence-corrected chi connectivity index (χ3v) is 5.45. The van der Waals surface area contributed by atoms with E-state index >= 15 is 0 Å². The van der Waals surface area contributed by atoms with Gasteiger partial charge in [-0.05, 0) is 48.2 Å². The summed E-state index contributed by atoms with van der Waals surface area (Å²) in [6.07, 6.45) is 0. The SMILES string of the molecule is Cc1ccc(NC(=O)C2CN(c3ccccc3C(C)C)c3ccccc32)cc1. The second-order valence-corrected chi connectivity index (χ2v) is 7.79. The third-order valence-electron chi connectivity index (χ3n) is 5.45. The zero-order valence-corrected chi connectivity index (χ0v) is 16.6. The van der Waals surface area contributed by atoms with Gasteiger partial charge in [-0.15, -0.1) is 0 Å². The number of carbonyl (C=O) groups is 1. The summed E-state index contributed by atoms with van der Waals surface area (Å²) in [4.78, 5) is 15.4. The Bertz CT molecular complexity index is 991. The minimum Gasteiger partial charge on any atom is -0.340 e. The molecule has 4 rings (SSSR count). The number of carbonyl (C=O) groups excluding carboxylic acids is 1. The van der Waals surface area contributed by atoms with Gasteiger partial charge in [0.2, 0.25) is 5.91 Å². The molecule has 3 aromatic carbocycles. The second kappa shape index (κ2) is 7.51. The van der Waals surface area contributed by atoms with Gasteiger partial charge < -0.3 is 10.2 Å². The molecule has 0 saturated heterocycles. The molecule has 1 unspecified atom stereocenters. The van der Waals surface area contributed by atoms with E-state index in [0.717, 1.165) is 16.9 Å². The fraction of sp³-hybridized carbons (Fsp3) is 0.240. The average molecular weight is 370 g/mol. The molecule has 3 nitrogen and oxygen atoms in total. The molecule has 1 heterocycles. The van der Waals surface area contributed by atoms with Gasteiger partial charge >= 0.3 is 0 Å². The molecule has 0 bridgehead atoms. The number of amides is 1. The summed E-state index contributed by atoms with van der Waals surface area (Å²) in [6, 6.07) is 24.7. The largest absolute Gasteiger partial charge is 0.340 e. The topological polar surface area (TPSA) is 32.3 Å². The van der Waals surface area contributed by atoms with Crippen LogP contribution in [0.3, 0.4) is 0 Å². The number of rotatable bonds is 4. The van der Waals surface area contributed by atoms with Gasteiger partial charge in [0.1, 0.15) is 0 Å². The predicted octanol–water partition coefficient (Wildman–Crippen LogP) is 5.99. The highest BCUT2D eigenvalue weighted by Gasteiger charge is 2.35. The van der Waals surface area contributed by atoms with Crippen LogP contribution in [0.5, 0.6) is 0 Å². The van der Waals surface area contributed by atoms with E-state index in [1.54, 1.807) is 0 Å². The van der Waals surface area contributed by atoms with Crippen molar-refractivity contribution in [2.24, 2.45) is 0 Å². The van der Waals surface area contributed by atoms with Crippen LogP contribution in [0.15, 0.2) is 72.8 Å². The molecule has 142 valence electrons. The first-order valence-electron chi connectivity index (χ1n) is 9.87. The van der Waals surface area contributed by atoms with Crippen LogP contribution in [0.1, 0.15) is 42.4 Å². The first-order chi connectivity index (χ1) is 13.5. The third kappa shape index (κ3) is 3.40. The van der Waals surface area contributed by atoms with Gasteiger partial charge in [0.15, 0.2) is 0 Å². The number of hydrogen-bond donors (Lipinski definition) is 1. The van der Waals surface area contributed by atoms with E-state index in [4.69, 9.17) is 0 Å². The van der Waals surface area contributed by atoms with Gasteiger partial charge in [-0.2, -0.15) is 0 Å². The predicted molar refractivity (Wildman–Crippen MR) is 117 cm³/mol. The molecular weight excluding hydrogens is 344 g/mol. The van der Waals surface area contributed by atoms with Crippen LogP contribution in [0.2, 0.25) is 0 Å². The van der Waals surface area contributed by atoms with E-state index in [1.165, 1.54) is 16.8 Å². The summed E-state index contributed by atoms with van der Waals surface area (Å²) in [5.41, 5.74) is 6.73. The van der Waals surface area contributed by atoms with Crippen LogP contribution in [-0.4, -0.2) is 12.5 Å². The van der Waals surface area contributed by atoms with E-state index < -0.39 is 0 Å². The first-order valence-corrected chi connectivity index (χ1v) is 9.87. The molecule has 1 aliphatic heterocycles. The first kappa shape index (κ1) is 18.3. The summed E-state index contributed by atoms with van der Waals surface area (Å²) in [7, 11) is 0. The van der Waals surface area contributed by atoms with E-state index in [0.29, 0.717) is 12.5 Å². The summed E-state index contributed by atoms with van der Waals surface area (Å²) >= 11 is 0. The summed E-state index contributed by atoms with van der Waals surface area (Å²) in [6.45, 7) is 7.12. The van der Waals surface area contributed by atoms with Crippen LogP contribution >= 0.6 is 0 Å². The van der Waals surface area contributed by atoms with Crippen LogP contribution in [0.4, 0.5) is 17.1 Å². The average Bonchev–Trinajstić information content (AvgIpc) is 3.09. The molecule has 3 heteroatoms. The Morgan fingerprint density at radius 3 is 2.29 bits per heavy atom. The Morgan fingerprint density at radius 1 is 0.929 bits per heavy atom. The minimum absolute atomic E-state index is 0.0424. The molecule has 1 amide bonds. The van der Waals surface area contributed by atoms with Crippen molar-refractivity contribution in [3.05, 3.63) is 89.5 Å². The highest BCUT2D eigenvalue weighted by atomic mass is 16.1. The van der Waals surface area contributed by atoms with Gasteiger partial charge in [-0.3, -0.25) is 4.79 Å². The van der Waals surface area contributed by atoms with E-state index in [9.17, 15) is 4.79 Å². The maximum atomic E-state index is 13.1. The van der Waals surface area contributed by atoms with Crippen LogP contribution < -0.4 is 10.2 Å². The van der Waals surface area contributed by atoms with Crippen molar-refractivity contribution in [1.82, 2.24) is 0 Å². The number of nitrogens with zero attached hydrogens (tertiary/aromatic N) is 1. The molecule has 1 atom stereocenters. The van der Waals surface area contributed by atoms with Crippen LogP contribution in [-0.2, 0) is 4.79 Å². The minimum atomic E-state index is -0.197. The van der Waals surface area contributed by atoms with Crippen molar-refractivity contribution in [2.75, 3.05) is 16.8 Å². The molecule has 0 fully saturated rings. The van der Waals surface area contributed by atoms with E-state index in [1.807, 2.05) is 43.3 Å². The summed E-state index contributed by atoms with van der Waals surface area (Å²) in [5.74, 6) is 0.266. The van der Waals surface area contributed by atoms with Crippen molar-refractivity contribution in [3.63, 3.8) is 0 Å². The zero-order chi connectivity index (χ0) is 19.7. The van der Waals surface area contributed by atoms with Gasteiger partial charge in [0, 0.05) is 23.6 Å². The monoisotopic (exact) mass is 370 g/mol. The molecule has 3 aromatic rings. The molecule has 0 aliphatic carbocycles. The number of fused-ring (bicyclic) bond motifs is 1. The standard InChI is InChI=1S/C25H26N2O/c1-17(2)20-8-4-6-10-23(20)27-16-22(21-9-5-7-11-24(21)27)25(28)26-19-14-12-18(3)13-15-19/h4-15,17,22H,16H2,1-3H3,(H,26,28). The number of nitrogens with one attached hydrogen (secondary N) is 1. The Balaban J connectivity index is 1.67. The van der Waals surface area contributed by atoms with Crippen molar-refractivity contribution < 1.29 is 4.79 Å². The molecule has 28 heavy (non-hydrogen) atoms. The van der Waals surface area contributed by atoms with Crippen molar-refractivity contribution in [2.45, 2.75) is 32.6 Å². The highest BCUT2D eigenvalue weighted by molar-refractivity contribution is 5.99. The van der Waals surface area contributed by atoms with Gasteiger partial charge in [0.05, 0.1) is 5.92 Å². The number of hydrogen-bond acceptors (Lipinski definition) is 2. The number of para-hydroxylation sites is 2. The lowest BCUT2D eigenvalue weighted by Crippen LogP contribution is -2.26.